The summed E-state index contributed by atoms with van der Waals surface area (Å²) in [6, 6.07) is 2.24. The Morgan fingerprint density at radius 3 is 1.64 bits per heavy atom. The maximum absolute atomic E-state index is 11.4. The first-order chi connectivity index (χ1) is 11.2. The van der Waals surface area contributed by atoms with Crippen molar-refractivity contribution in [3.63, 3.8) is 0 Å². The third-order valence-corrected chi connectivity index (χ3v) is 7.38. The van der Waals surface area contributed by atoms with E-state index in [-0.39, 0.29) is 41.1 Å². The first-order valence-corrected chi connectivity index (χ1v) is 8.60. The van der Waals surface area contributed by atoms with E-state index in [0.717, 1.165) is 51.4 Å². The lowest BCUT2D eigenvalue weighted by Gasteiger charge is -2.71. The second kappa shape index (κ2) is 4.97. The lowest BCUT2D eigenvalue weighted by Crippen LogP contribution is -2.72. The van der Waals surface area contributed by atoms with Gasteiger partial charge >= 0.3 is 11.9 Å². The predicted molar refractivity (Wildman–Crippen MR) is 89.6 cm³/mol. The first-order valence-electron chi connectivity index (χ1n) is 8.60. The SMILES string of the molecule is COC(=O)C12CC(C#N)(C1)C2.COC(=O)C12CC(C3(N)CC3)(C1)C2.[CH3-]. The molecule has 0 atom stereocenters. The van der Waals surface area contributed by atoms with Crippen LogP contribution in [0.1, 0.15) is 51.4 Å². The molecule has 2 N–H and O–H groups in total. The third-order valence-electron chi connectivity index (χ3n) is 7.38. The molecule has 0 aliphatic heterocycles. The Balaban J connectivity index is 0.000000142. The van der Waals surface area contributed by atoms with E-state index in [4.69, 9.17) is 15.7 Å². The second-order valence-electron chi connectivity index (χ2n) is 8.93. The van der Waals surface area contributed by atoms with Crippen molar-refractivity contribution in [1.29, 1.82) is 5.26 Å². The lowest BCUT2D eigenvalue weighted by molar-refractivity contribution is -0.236. The normalized spacial score (nSPS) is 45.0. The van der Waals surface area contributed by atoms with E-state index < -0.39 is 0 Å². The summed E-state index contributed by atoms with van der Waals surface area (Å²) >= 11 is 0. The molecule has 25 heavy (non-hydrogen) atoms. The number of nitrogens with two attached hydrogens (primary N) is 1. The van der Waals surface area contributed by atoms with Crippen molar-refractivity contribution < 1.29 is 19.1 Å². The standard InChI is InChI=1S/C10H15NO2.C8H9NO2.CH3/c1-13-7(12)8-4-9(5-8,6-8)10(11)2-3-10;1-11-6(10)8-2-7(3-8,4-8)5-9;/h2-6,11H2,1H3;2-4H2,1H3;1H3/q;;-1. The van der Waals surface area contributed by atoms with E-state index in [1.54, 1.807) is 0 Å². The van der Waals surface area contributed by atoms with Gasteiger partial charge < -0.3 is 22.6 Å². The highest BCUT2D eigenvalue weighted by atomic mass is 16.5. The summed E-state index contributed by atoms with van der Waals surface area (Å²) in [6.45, 7) is 0. The average Bonchev–Trinajstić information content (AvgIpc) is 3.12. The number of ether oxygens (including phenoxy) is 2. The second-order valence-corrected chi connectivity index (χ2v) is 8.93. The largest absolute Gasteiger partial charge is 0.469 e. The molecule has 7 aliphatic rings. The molecule has 7 fully saturated rings. The number of carbonyl (C=O) groups is 2. The molecular weight excluding hydrogens is 320 g/mol. The van der Waals surface area contributed by atoms with Gasteiger partial charge in [0.25, 0.3) is 0 Å². The lowest BCUT2D eigenvalue weighted by atomic mass is 9.32. The molecule has 0 unspecified atom stereocenters. The van der Waals surface area contributed by atoms with Crippen LogP contribution in [0.25, 0.3) is 0 Å². The summed E-state index contributed by atoms with van der Waals surface area (Å²) in [5.41, 5.74) is 6.11. The van der Waals surface area contributed by atoms with Gasteiger partial charge in [-0.25, -0.2) is 0 Å². The Labute approximate surface area is 149 Å². The van der Waals surface area contributed by atoms with Gasteiger partial charge in [0.15, 0.2) is 0 Å². The molecule has 0 aromatic rings. The molecule has 6 nitrogen and oxygen atoms in total. The number of carbonyl (C=O) groups excluding carboxylic acids is 2. The molecule has 7 aliphatic carbocycles. The number of hydrogen-bond donors (Lipinski definition) is 1. The van der Waals surface area contributed by atoms with Gasteiger partial charge in [-0.1, -0.05) is 0 Å². The zero-order valence-electron chi connectivity index (χ0n) is 15.3. The molecule has 0 heterocycles. The molecule has 0 amide bonds. The van der Waals surface area contributed by atoms with Crippen LogP contribution in [0.15, 0.2) is 0 Å². The molecule has 0 aromatic heterocycles. The van der Waals surface area contributed by atoms with Crippen molar-refractivity contribution in [2.24, 2.45) is 27.4 Å². The van der Waals surface area contributed by atoms with E-state index in [2.05, 4.69) is 10.8 Å². The number of rotatable bonds is 3. The molecule has 6 heteroatoms. The summed E-state index contributed by atoms with van der Waals surface area (Å²) < 4.78 is 9.43. The monoisotopic (exact) mass is 347 g/mol. The van der Waals surface area contributed by atoms with Gasteiger partial charge in [-0.3, -0.25) is 9.59 Å². The van der Waals surface area contributed by atoms with Crippen LogP contribution in [0.4, 0.5) is 0 Å². The highest BCUT2D eigenvalue weighted by Gasteiger charge is 2.80. The van der Waals surface area contributed by atoms with Gasteiger partial charge in [0.2, 0.25) is 0 Å². The quantitative estimate of drug-likeness (QED) is 0.620. The summed E-state index contributed by atoms with van der Waals surface area (Å²) in [4.78, 5) is 22.5. The minimum absolute atomic E-state index is 0. The minimum atomic E-state index is -0.246. The van der Waals surface area contributed by atoms with E-state index in [9.17, 15) is 9.59 Å². The van der Waals surface area contributed by atoms with Crippen LogP contribution < -0.4 is 5.73 Å². The third kappa shape index (κ3) is 2.05. The minimum Gasteiger partial charge on any atom is -0.469 e. The van der Waals surface area contributed by atoms with Crippen molar-refractivity contribution >= 4 is 11.9 Å². The van der Waals surface area contributed by atoms with Crippen LogP contribution >= 0.6 is 0 Å². The Bertz CT molecular complexity index is 634. The van der Waals surface area contributed by atoms with Crippen molar-refractivity contribution in [2.75, 3.05) is 14.2 Å². The Kier molecular flexibility index (Phi) is 3.62. The molecule has 7 saturated carbocycles. The van der Waals surface area contributed by atoms with E-state index >= 15 is 0 Å². The van der Waals surface area contributed by atoms with Gasteiger partial charge in [0.1, 0.15) is 0 Å². The molecule has 4 bridgehead atoms. The highest BCUT2D eigenvalue weighted by molar-refractivity contribution is 5.82. The molecule has 138 valence electrons. The van der Waals surface area contributed by atoms with Crippen LogP contribution in [-0.2, 0) is 19.1 Å². The maximum Gasteiger partial charge on any atom is 0.311 e. The first kappa shape index (κ1) is 18.2. The van der Waals surface area contributed by atoms with Gasteiger partial charge in [-0.2, -0.15) is 5.26 Å². The Morgan fingerprint density at radius 2 is 1.32 bits per heavy atom. The smallest absolute Gasteiger partial charge is 0.311 e. The fraction of sp³-hybridized carbons (Fsp3) is 0.789. The van der Waals surface area contributed by atoms with Crippen molar-refractivity contribution in [3.8, 4) is 6.07 Å². The average molecular weight is 347 g/mol. The van der Waals surface area contributed by atoms with Crippen molar-refractivity contribution in [3.05, 3.63) is 7.43 Å². The molecule has 0 radical (unpaired) electrons. The van der Waals surface area contributed by atoms with Gasteiger partial charge in [0, 0.05) is 5.54 Å². The summed E-state index contributed by atoms with van der Waals surface area (Å²) in [6.07, 6.45) is 7.46. The number of hydrogen-bond acceptors (Lipinski definition) is 6. The molecule has 0 spiro atoms. The highest BCUT2D eigenvalue weighted by Crippen LogP contribution is 2.80. The zero-order valence-corrected chi connectivity index (χ0v) is 15.3. The predicted octanol–water partition coefficient (Wildman–Crippen LogP) is 2.12. The van der Waals surface area contributed by atoms with Crippen LogP contribution in [0.5, 0.6) is 0 Å². The number of esters is 2. The summed E-state index contributed by atoms with van der Waals surface area (Å²) in [7, 11) is 2.88. The van der Waals surface area contributed by atoms with Crippen molar-refractivity contribution in [2.45, 2.75) is 56.9 Å². The van der Waals surface area contributed by atoms with Crippen LogP contribution in [0, 0.1) is 40.4 Å². The topological polar surface area (TPSA) is 102 Å². The van der Waals surface area contributed by atoms with Crippen LogP contribution in [0.2, 0.25) is 0 Å². The van der Waals surface area contributed by atoms with Gasteiger partial charge in [-0.15, -0.1) is 0 Å². The number of methoxy groups -OCH3 is 2. The Morgan fingerprint density at radius 1 is 0.920 bits per heavy atom. The van der Waals surface area contributed by atoms with Gasteiger partial charge in [-0.05, 0) is 56.8 Å². The maximum atomic E-state index is 11.4. The summed E-state index contributed by atoms with van der Waals surface area (Å²) in [5, 5.41) is 8.65. The molecule has 0 saturated heterocycles. The fourth-order valence-electron chi connectivity index (χ4n) is 5.75. The zero-order chi connectivity index (χ0) is 17.4. The van der Waals surface area contributed by atoms with E-state index in [0.29, 0.717) is 5.41 Å². The molecular formula is C19H27N2O4-. The van der Waals surface area contributed by atoms with Crippen molar-refractivity contribution in [1.82, 2.24) is 0 Å². The number of nitrogens with zero attached hydrogens (tertiary/aromatic N) is 1. The molecule has 7 rings (SSSR count). The molecule has 0 aromatic carbocycles. The van der Waals surface area contributed by atoms with Crippen LogP contribution in [0.3, 0.4) is 0 Å². The van der Waals surface area contributed by atoms with E-state index in [1.807, 2.05) is 0 Å². The van der Waals surface area contributed by atoms with Crippen LogP contribution in [-0.4, -0.2) is 31.7 Å². The van der Waals surface area contributed by atoms with Gasteiger partial charge in [0.05, 0.1) is 36.5 Å². The number of nitriles is 1. The Hall–Kier alpha value is -1.61. The summed E-state index contributed by atoms with van der Waals surface area (Å²) in [5.74, 6) is -0.145. The fourth-order valence-corrected chi connectivity index (χ4v) is 5.75. The van der Waals surface area contributed by atoms with E-state index in [1.165, 1.54) is 14.2 Å².